The van der Waals surface area contributed by atoms with Crippen molar-refractivity contribution in [2.75, 3.05) is 11.9 Å². The van der Waals surface area contributed by atoms with Crippen molar-refractivity contribution in [3.05, 3.63) is 65.0 Å². The minimum atomic E-state index is -0.219. The van der Waals surface area contributed by atoms with Gasteiger partial charge in [0.05, 0.1) is 0 Å². The average molecular weight is 383 g/mol. The number of nitrogens with zero attached hydrogens (tertiary/aromatic N) is 3. The van der Waals surface area contributed by atoms with E-state index in [1.807, 2.05) is 43.3 Å². The minimum absolute atomic E-state index is 0.160. The number of amides is 2. The molecule has 1 saturated heterocycles. The largest absolute Gasteiger partial charge is 0.337 e. The summed E-state index contributed by atoms with van der Waals surface area (Å²) in [6.07, 6.45) is 1.69. The molecule has 0 aliphatic carbocycles. The summed E-state index contributed by atoms with van der Waals surface area (Å²) in [7, 11) is 0. The van der Waals surface area contributed by atoms with E-state index < -0.39 is 0 Å². The number of aromatic nitrogens is 2. The molecule has 0 bridgehead atoms. The van der Waals surface area contributed by atoms with E-state index in [4.69, 9.17) is 16.1 Å². The fraction of sp³-hybridized carbons (Fsp3) is 0.250. The standard InChI is InChI=1S/C20H19ClN4O2/c1-13-4-10-16(11-5-13)22-20(26)25-12-2-3-17(25)19-23-18(24-27-19)14-6-8-15(21)9-7-14/h4-11,17H,2-3,12H2,1H3,(H,22,26). The zero-order valence-corrected chi connectivity index (χ0v) is 15.6. The van der Waals surface area contributed by atoms with Crippen LogP contribution in [0.2, 0.25) is 5.02 Å². The molecule has 1 atom stereocenters. The van der Waals surface area contributed by atoms with Crippen LogP contribution in [0.15, 0.2) is 53.1 Å². The Labute approximate surface area is 162 Å². The second-order valence-electron chi connectivity index (χ2n) is 6.61. The molecule has 1 aromatic heterocycles. The molecule has 6 nitrogen and oxygen atoms in total. The second-order valence-corrected chi connectivity index (χ2v) is 7.05. The van der Waals surface area contributed by atoms with Crippen LogP contribution in [0.1, 0.15) is 30.3 Å². The number of anilines is 1. The van der Waals surface area contributed by atoms with Crippen LogP contribution in [-0.2, 0) is 0 Å². The maximum atomic E-state index is 12.7. The number of rotatable bonds is 3. The molecule has 1 aliphatic rings. The molecule has 1 N–H and O–H groups in total. The Morgan fingerprint density at radius 1 is 1.19 bits per heavy atom. The van der Waals surface area contributed by atoms with Crippen LogP contribution in [0.5, 0.6) is 0 Å². The molecule has 2 heterocycles. The first kappa shape index (κ1) is 17.5. The van der Waals surface area contributed by atoms with Gasteiger partial charge in [-0.15, -0.1) is 0 Å². The van der Waals surface area contributed by atoms with Gasteiger partial charge in [-0.2, -0.15) is 4.98 Å². The van der Waals surface area contributed by atoms with Gasteiger partial charge in [-0.05, 0) is 56.2 Å². The second kappa shape index (κ2) is 7.40. The predicted octanol–water partition coefficient (Wildman–Crippen LogP) is 5.07. The summed E-state index contributed by atoms with van der Waals surface area (Å²) in [6, 6.07) is 14.6. The van der Waals surface area contributed by atoms with Crippen LogP contribution >= 0.6 is 11.6 Å². The SMILES string of the molecule is Cc1ccc(NC(=O)N2CCCC2c2nc(-c3ccc(Cl)cc3)no2)cc1. The van der Waals surface area contributed by atoms with Crippen LogP contribution in [0.25, 0.3) is 11.4 Å². The topological polar surface area (TPSA) is 71.3 Å². The van der Waals surface area contributed by atoms with Crippen molar-refractivity contribution in [2.45, 2.75) is 25.8 Å². The molecule has 27 heavy (non-hydrogen) atoms. The summed E-state index contributed by atoms with van der Waals surface area (Å²) in [5.41, 5.74) is 2.74. The Bertz CT molecular complexity index is 937. The summed E-state index contributed by atoms with van der Waals surface area (Å²) < 4.78 is 5.46. The summed E-state index contributed by atoms with van der Waals surface area (Å²) in [4.78, 5) is 19.0. The number of halogens is 1. The van der Waals surface area contributed by atoms with Crippen LogP contribution in [-0.4, -0.2) is 27.6 Å². The van der Waals surface area contributed by atoms with E-state index in [1.54, 1.807) is 17.0 Å². The van der Waals surface area contributed by atoms with Gasteiger partial charge in [0.2, 0.25) is 11.7 Å². The lowest BCUT2D eigenvalue weighted by atomic mass is 10.2. The molecule has 3 aromatic rings. The normalized spacial score (nSPS) is 16.5. The summed E-state index contributed by atoms with van der Waals surface area (Å²) in [6.45, 7) is 2.66. The molecule has 0 radical (unpaired) electrons. The van der Waals surface area contributed by atoms with Crippen molar-refractivity contribution >= 4 is 23.3 Å². The number of hydrogen-bond acceptors (Lipinski definition) is 4. The van der Waals surface area contributed by atoms with Crippen molar-refractivity contribution in [1.82, 2.24) is 15.0 Å². The average Bonchev–Trinajstić information content (AvgIpc) is 3.33. The third-order valence-corrected chi connectivity index (χ3v) is 4.90. The highest BCUT2D eigenvalue weighted by Gasteiger charge is 2.34. The summed E-state index contributed by atoms with van der Waals surface area (Å²) in [5, 5.41) is 7.65. The van der Waals surface area contributed by atoms with Gasteiger partial charge < -0.3 is 14.7 Å². The number of likely N-dealkylation sites (tertiary alicyclic amines) is 1. The molecule has 0 spiro atoms. The maximum absolute atomic E-state index is 12.7. The monoisotopic (exact) mass is 382 g/mol. The van der Waals surface area contributed by atoms with Crippen molar-refractivity contribution in [3.8, 4) is 11.4 Å². The first-order chi connectivity index (χ1) is 13.1. The minimum Gasteiger partial charge on any atom is -0.337 e. The Morgan fingerprint density at radius 2 is 1.93 bits per heavy atom. The number of carbonyl (C=O) groups is 1. The third-order valence-electron chi connectivity index (χ3n) is 4.65. The Hall–Kier alpha value is -2.86. The van der Waals surface area contributed by atoms with E-state index in [0.717, 1.165) is 29.7 Å². The zero-order valence-electron chi connectivity index (χ0n) is 14.9. The molecule has 1 fully saturated rings. The maximum Gasteiger partial charge on any atom is 0.322 e. The first-order valence-electron chi connectivity index (χ1n) is 8.84. The number of hydrogen-bond donors (Lipinski definition) is 1. The van der Waals surface area contributed by atoms with Gasteiger partial charge in [-0.3, -0.25) is 0 Å². The van der Waals surface area contributed by atoms with E-state index >= 15 is 0 Å². The molecule has 1 unspecified atom stereocenters. The van der Waals surface area contributed by atoms with Gasteiger partial charge >= 0.3 is 6.03 Å². The highest BCUT2D eigenvalue weighted by atomic mass is 35.5. The van der Waals surface area contributed by atoms with E-state index in [2.05, 4.69) is 15.5 Å². The fourth-order valence-electron chi connectivity index (χ4n) is 3.19. The first-order valence-corrected chi connectivity index (χ1v) is 9.22. The highest BCUT2D eigenvalue weighted by Crippen LogP contribution is 2.32. The van der Waals surface area contributed by atoms with Crippen molar-refractivity contribution in [2.24, 2.45) is 0 Å². The Balaban J connectivity index is 1.50. The molecule has 4 rings (SSSR count). The predicted molar refractivity (Wildman–Crippen MR) is 104 cm³/mol. The van der Waals surface area contributed by atoms with Crippen molar-refractivity contribution in [1.29, 1.82) is 0 Å². The Morgan fingerprint density at radius 3 is 2.67 bits per heavy atom. The lowest BCUT2D eigenvalue weighted by molar-refractivity contribution is 0.193. The quantitative estimate of drug-likeness (QED) is 0.686. The number of aryl methyl sites for hydroxylation is 1. The van der Waals surface area contributed by atoms with Gasteiger partial charge in [0.25, 0.3) is 0 Å². The highest BCUT2D eigenvalue weighted by molar-refractivity contribution is 6.30. The van der Waals surface area contributed by atoms with Gasteiger partial charge in [0.15, 0.2) is 0 Å². The molecule has 0 saturated carbocycles. The molecule has 138 valence electrons. The number of carbonyl (C=O) groups excluding carboxylic acids is 1. The third kappa shape index (κ3) is 3.80. The molecule has 2 aromatic carbocycles. The summed E-state index contributed by atoms with van der Waals surface area (Å²) in [5.74, 6) is 0.948. The lowest BCUT2D eigenvalue weighted by Crippen LogP contribution is -2.34. The number of nitrogens with one attached hydrogen (secondary N) is 1. The molecule has 2 amide bonds. The van der Waals surface area contributed by atoms with Crippen LogP contribution in [0.4, 0.5) is 10.5 Å². The van der Waals surface area contributed by atoms with Gasteiger partial charge in [-0.1, -0.05) is 34.5 Å². The van der Waals surface area contributed by atoms with E-state index in [-0.39, 0.29) is 12.1 Å². The molecular weight excluding hydrogens is 364 g/mol. The number of benzene rings is 2. The Kier molecular flexibility index (Phi) is 4.81. The molecule has 7 heteroatoms. The van der Waals surface area contributed by atoms with Crippen LogP contribution < -0.4 is 5.32 Å². The van der Waals surface area contributed by atoms with E-state index in [0.29, 0.717) is 23.3 Å². The van der Waals surface area contributed by atoms with E-state index in [1.165, 1.54) is 0 Å². The van der Waals surface area contributed by atoms with Gasteiger partial charge in [-0.25, -0.2) is 4.79 Å². The van der Waals surface area contributed by atoms with Gasteiger partial charge in [0, 0.05) is 22.8 Å². The molecular formula is C20H19ClN4O2. The van der Waals surface area contributed by atoms with Crippen molar-refractivity contribution in [3.63, 3.8) is 0 Å². The summed E-state index contributed by atoms with van der Waals surface area (Å²) >= 11 is 5.92. The van der Waals surface area contributed by atoms with Crippen LogP contribution in [0.3, 0.4) is 0 Å². The lowest BCUT2D eigenvalue weighted by Gasteiger charge is -2.22. The zero-order chi connectivity index (χ0) is 18.8. The van der Waals surface area contributed by atoms with Gasteiger partial charge in [0.1, 0.15) is 6.04 Å². The molecule has 1 aliphatic heterocycles. The number of urea groups is 1. The fourth-order valence-corrected chi connectivity index (χ4v) is 3.31. The van der Waals surface area contributed by atoms with E-state index in [9.17, 15) is 4.79 Å². The smallest absolute Gasteiger partial charge is 0.322 e. The van der Waals surface area contributed by atoms with Crippen molar-refractivity contribution < 1.29 is 9.32 Å². The van der Waals surface area contributed by atoms with Crippen LogP contribution in [0, 0.1) is 6.92 Å².